The molecule has 2 heteroatoms. The second-order valence-electron chi connectivity index (χ2n) is 5.76. The van der Waals surface area contributed by atoms with Crippen LogP contribution >= 0.6 is 0 Å². The zero-order chi connectivity index (χ0) is 13.0. The van der Waals surface area contributed by atoms with E-state index in [9.17, 15) is 5.11 Å². The van der Waals surface area contributed by atoms with Crippen molar-refractivity contribution in [2.75, 3.05) is 11.9 Å². The molecule has 100 valence electrons. The number of hydrogen-bond donors (Lipinski definition) is 2. The van der Waals surface area contributed by atoms with Gasteiger partial charge < -0.3 is 10.4 Å². The molecule has 1 aromatic carbocycles. The van der Waals surface area contributed by atoms with Crippen molar-refractivity contribution in [1.82, 2.24) is 0 Å². The lowest BCUT2D eigenvalue weighted by Gasteiger charge is -2.28. The van der Waals surface area contributed by atoms with Gasteiger partial charge in [0, 0.05) is 12.2 Å². The molecule has 18 heavy (non-hydrogen) atoms. The maximum Gasteiger partial charge on any atom is 0.0819 e. The van der Waals surface area contributed by atoms with Crippen LogP contribution in [0.1, 0.15) is 49.7 Å². The number of para-hydroxylation sites is 1. The molecule has 0 unspecified atom stereocenters. The average Bonchev–Trinajstić information content (AvgIpc) is 2.54. The summed E-state index contributed by atoms with van der Waals surface area (Å²) in [7, 11) is 0. The molecule has 1 aliphatic carbocycles. The van der Waals surface area contributed by atoms with Crippen molar-refractivity contribution in [3.63, 3.8) is 0 Å². The first-order valence-corrected chi connectivity index (χ1v) is 7.13. The predicted octanol–water partition coefficient (Wildman–Crippen LogP) is 3.80. The van der Waals surface area contributed by atoms with Crippen LogP contribution in [0, 0.1) is 13.8 Å². The number of aryl methyl sites for hydroxylation is 2. The Balaban J connectivity index is 2.02. The van der Waals surface area contributed by atoms with Gasteiger partial charge in [0.25, 0.3) is 0 Å². The Morgan fingerprint density at radius 1 is 1.06 bits per heavy atom. The molecule has 2 rings (SSSR count). The van der Waals surface area contributed by atoms with Crippen molar-refractivity contribution < 1.29 is 5.11 Å². The van der Waals surface area contributed by atoms with E-state index in [4.69, 9.17) is 0 Å². The Kier molecular flexibility index (Phi) is 4.28. The van der Waals surface area contributed by atoms with Gasteiger partial charge in [-0.1, -0.05) is 43.9 Å². The lowest BCUT2D eigenvalue weighted by Crippen LogP contribution is -2.36. The molecular formula is C16H25NO. The Bertz CT molecular complexity index is 372. The third-order valence-electron chi connectivity index (χ3n) is 4.11. The summed E-state index contributed by atoms with van der Waals surface area (Å²) in [5.74, 6) is 0. The Morgan fingerprint density at radius 3 is 2.17 bits per heavy atom. The van der Waals surface area contributed by atoms with Gasteiger partial charge in [0.05, 0.1) is 5.60 Å². The minimum atomic E-state index is -0.509. The molecule has 1 aliphatic rings. The second-order valence-corrected chi connectivity index (χ2v) is 5.76. The van der Waals surface area contributed by atoms with Crippen molar-refractivity contribution in [2.24, 2.45) is 0 Å². The van der Waals surface area contributed by atoms with Crippen molar-refractivity contribution in [3.05, 3.63) is 29.3 Å². The summed E-state index contributed by atoms with van der Waals surface area (Å²) in [6.07, 6.45) is 6.73. The van der Waals surface area contributed by atoms with Gasteiger partial charge in [0.2, 0.25) is 0 Å². The predicted molar refractivity (Wildman–Crippen MR) is 77.1 cm³/mol. The van der Waals surface area contributed by atoms with Gasteiger partial charge in [-0.25, -0.2) is 0 Å². The largest absolute Gasteiger partial charge is 0.388 e. The molecule has 2 N–H and O–H groups in total. The quantitative estimate of drug-likeness (QED) is 0.796. The first-order valence-electron chi connectivity index (χ1n) is 7.13. The molecule has 1 aromatic rings. The normalized spacial score (nSPS) is 19.3. The molecular weight excluding hydrogens is 222 g/mol. The van der Waals surface area contributed by atoms with E-state index in [0.29, 0.717) is 6.54 Å². The maximum absolute atomic E-state index is 10.6. The van der Waals surface area contributed by atoms with Gasteiger partial charge in [-0.15, -0.1) is 0 Å². The summed E-state index contributed by atoms with van der Waals surface area (Å²) in [6.45, 7) is 4.91. The van der Waals surface area contributed by atoms with Crippen molar-refractivity contribution in [1.29, 1.82) is 0 Å². The fraction of sp³-hybridized carbons (Fsp3) is 0.625. The molecule has 0 radical (unpaired) electrons. The van der Waals surface area contributed by atoms with Crippen LogP contribution in [0.2, 0.25) is 0 Å². The summed E-state index contributed by atoms with van der Waals surface area (Å²) in [5, 5.41) is 14.1. The SMILES string of the molecule is Cc1cccc(C)c1NCC1(O)CCCCCC1. The molecule has 0 spiro atoms. The van der Waals surface area contributed by atoms with Crippen LogP contribution in [0.5, 0.6) is 0 Å². The lowest BCUT2D eigenvalue weighted by atomic mass is 9.94. The third kappa shape index (κ3) is 3.26. The highest BCUT2D eigenvalue weighted by molar-refractivity contribution is 5.56. The number of rotatable bonds is 3. The van der Waals surface area contributed by atoms with E-state index in [-0.39, 0.29) is 0 Å². The smallest absolute Gasteiger partial charge is 0.0819 e. The monoisotopic (exact) mass is 247 g/mol. The van der Waals surface area contributed by atoms with Crippen LogP contribution in [0.4, 0.5) is 5.69 Å². The van der Waals surface area contributed by atoms with Gasteiger partial charge in [0.1, 0.15) is 0 Å². The van der Waals surface area contributed by atoms with Gasteiger partial charge in [-0.3, -0.25) is 0 Å². The summed E-state index contributed by atoms with van der Waals surface area (Å²) < 4.78 is 0. The summed E-state index contributed by atoms with van der Waals surface area (Å²) in [4.78, 5) is 0. The number of benzene rings is 1. The zero-order valence-corrected chi connectivity index (χ0v) is 11.6. The standard InChI is InChI=1S/C16H25NO/c1-13-8-7-9-14(2)15(13)17-12-16(18)10-5-3-4-6-11-16/h7-9,17-18H,3-6,10-12H2,1-2H3. The fourth-order valence-corrected chi connectivity index (χ4v) is 2.91. The molecule has 1 saturated carbocycles. The van der Waals surface area contributed by atoms with E-state index in [1.54, 1.807) is 0 Å². The topological polar surface area (TPSA) is 32.3 Å². The second kappa shape index (κ2) is 5.75. The van der Waals surface area contributed by atoms with E-state index in [1.807, 2.05) is 0 Å². The van der Waals surface area contributed by atoms with E-state index in [1.165, 1.54) is 29.7 Å². The first kappa shape index (κ1) is 13.4. The summed E-state index contributed by atoms with van der Waals surface area (Å²) >= 11 is 0. The Morgan fingerprint density at radius 2 is 1.61 bits per heavy atom. The highest BCUT2D eigenvalue weighted by atomic mass is 16.3. The number of hydrogen-bond acceptors (Lipinski definition) is 2. The van der Waals surface area contributed by atoms with Crippen LogP contribution in [0.25, 0.3) is 0 Å². The van der Waals surface area contributed by atoms with Crippen LogP contribution < -0.4 is 5.32 Å². The lowest BCUT2D eigenvalue weighted by molar-refractivity contribution is 0.0381. The van der Waals surface area contributed by atoms with E-state index < -0.39 is 5.60 Å². The van der Waals surface area contributed by atoms with Crippen LogP contribution in [0.15, 0.2) is 18.2 Å². The van der Waals surface area contributed by atoms with Crippen LogP contribution in [0.3, 0.4) is 0 Å². The average molecular weight is 247 g/mol. The molecule has 1 fully saturated rings. The molecule has 0 amide bonds. The van der Waals surface area contributed by atoms with Crippen molar-refractivity contribution >= 4 is 5.69 Å². The van der Waals surface area contributed by atoms with Gasteiger partial charge >= 0.3 is 0 Å². The van der Waals surface area contributed by atoms with Gasteiger partial charge in [0.15, 0.2) is 0 Å². The Labute approximate surface area is 110 Å². The first-order chi connectivity index (χ1) is 8.61. The summed E-state index contributed by atoms with van der Waals surface area (Å²) in [6, 6.07) is 6.31. The fourth-order valence-electron chi connectivity index (χ4n) is 2.91. The minimum Gasteiger partial charge on any atom is -0.388 e. The molecule has 0 atom stereocenters. The number of anilines is 1. The van der Waals surface area contributed by atoms with Crippen LogP contribution in [-0.4, -0.2) is 17.3 Å². The molecule has 2 nitrogen and oxygen atoms in total. The van der Waals surface area contributed by atoms with Crippen molar-refractivity contribution in [3.8, 4) is 0 Å². The third-order valence-corrected chi connectivity index (χ3v) is 4.11. The van der Waals surface area contributed by atoms with E-state index in [0.717, 1.165) is 25.7 Å². The van der Waals surface area contributed by atoms with Crippen LogP contribution in [-0.2, 0) is 0 Å². The number of nitrogens with one attached hydrogen (secondary N) is 1. The highest BCUT2D eigenvalue weighted by Gasteiger charge is 2.27. The Hall–Kier alpha value is -1.02. The summed E-state index contributed by atoms with van der Waals surface area (Å²) in [5.41, 5.74) is 3.19. The van der Waals surface area contributed by atoms with Gasteiger partial charge in [-0.2, -0.15) is 0 Å². The molecule has 0 saturated heterocycles. The molecule has 0 bridgehead atoms. The maximum atomic E-state index is 10.6. The van der Waals surface area contributed by atoms with Gasteiger partial charge in [-0.05, 0) is 37.8 Å². The highest BCUT2D eigenvalue weighted by Crippen LogP contribution is 2.28. The van der Waals surface area contributed by atoms with E-state index >= 15 is 0 Å². The molecule has 0 aliphatic heterocycles. The minimum absolute atomic E-state index is 0.509. The zero-order valence-electron chi connectivity index (χ0n) is 11.6. The van der Waals surface area contributed by atoms with E-state index in [2.05, 4.69) is 37.4 Å². The number of aliphatic hydroxyl groups is 1. The van der Waals surface area contributed by atoms with Crippen molar-refractivity contribution in [2.45, 2.75) is 58.0 Å². The molecule has 0 heterocycles. The molecule has 0 aromatic heterocycles.